The molecule has 0 spiro atoms. The first-order valence-corrected chi connectivity index (χ1v) is 9.36. The van der Waals surface area contributed by atoms with E-state index in [9.17, 15) is 18.0 Å². The predicted octanol–water partition coefficient (Wildman–Crippen LogP) is 6.43. The molecule has 1 saturated carbocycles. The zero-order valence-electron chi connectivity index (χ0n) is 16.5. The number of halogens is 4. The number of ether oxygens (including phenoxy) is 1. The van der Waals surface area contributed by atoms with Crippen molar-refractivity contribution in [2.24, 2.45) is 17.3 Å². The Morgan fingerprint density at radius 3 is 2.41 bits per heavy atom. The van der Waals surface area contributed by atoms with Crippen molar-refractivity contribution in [1.29, 1.82) is 0 Å². The van der Waals surface area contributed by atoms with Crippen molar-refractivity contribution in [2.75, 3.05) is 0 Å². The topological polar surface area (TPSA) is 26.3 Å². The molecule has 27 heavy (non-hydrogen) atoms. The molecule has 0 amide bonds. The van der Waals surface area contributed by atoms with E-state index >= 15 is 0 Å². The van der Waals surface area contributed by atoms with Crippen LogP contribution >= 0.6 is 11.6 Å². The molecule has 1 aromatic rings. The average Bonchev–Trinajstić information content (AvgIpc) is 3.06. The van der Waals surface area contributed by atoms with Crippen molar-refractivity contribution in [3.8, 4) is 0 Å². The minimum Gasteiger partial charge on any atom is -0.461 e. The molecule has 2 atom stereocenters. The summed E-state index contributed by atoms with van der Waals surface area (Å²) in [4.78, 5) is 12.5. The van der Waals surface area contributed by atoms with Crippen LogP contribution in [0.15, 0.2) is 23.2 Å². The molecule has 2 rings (SSSR count). The van der Waals surface area contributed by atoms with Gasteiger partial charge in [0, 0.05) is 0 Å². The number of carbonyl (C=O) groups excluding carboxylic acids is 1. The number of rotatable bonds is 5. The van der Waals surface area contributed by atoms with E-state index in [1.807, 2.05) is 19.9 Å². The molecule has 0 unspecified atom stereocenters. The van der Waals surface area contributed by atoms with Crippen molar-refractivity contribution in [2.45, 2.75) is 60.2 Å². The fourth-order valence-electron chi connectivity index (χ4n) is 3.68. The highest BCUT2D eigenvalue weighted by Crippen LogP contribution is 2.60. The number of benzene rings is 1. The van der Waals surface area contributed by atoms with Gasteiger partial charge in [0.05, 0.1) is 5.92 Å². The van der Waals surface area contributed by atoms with Gasteiger partial charge in [0.25, 0.3) is 0 Å². The fraction of sp³-hybridized carbons (Fsp3) is 0.571. The summed E-state index contributed by atoms with van der Waals surface area (Å²) in [5.74, 6) is -1.34. The Labute approximate surface area is 163 Å². The number of alkyl halides is 3. The zero-order chi connectivity index (χ0) is 20.7. The number of allylic oxidation sites excluding steroid dienone is 2. The van der Waals surface area contributed by atoms with Gasteiger partial charge in [-0.2, -0.15) is 13.2 Å². The van der Waals surface area contributed by atoms with Crippen LogP contribution in [0.25, 0.3) is 0 Å². The smallest absolute Gasteiger partial charge is 0.426 e. The van der Waals surface area contributed by atoms with E-state index in [-0.39, 0.29) is 6.61 Å². The van der Waals surface area contributed by atoms with Gasteiger partial charge in [0.1, 0.15) is 11.6 Å². The molecule has 0 heterocycles. The predicted molar refractivity (Wildman–Crippen MR) is 101 cm³/mol. The van der Waals surface area contributed by atoms with E-state index in [2.05, 4.69) is 19.9 Å². The summed E-state index contributed by atoms with van der Waals surface area (Å²) in [7, 11) is 0. The number of carbonyl (C=O) groups is 1. The Kier molecular flexibility index (Phi) is 6.05. The van der Waals surface area contributed by atoms with Crippen molar-refractivity contribution >= 4 is 17.6 Å². The molecule has 1 aliphatic carbocycles. The second-order valence-electron chi connectivity index (χ2n) is 8.17. The first-order valence-electron chi connectivity index (χ1n) is 8.98. The van der Waals surface area contributed by atoms with Gasteiger partial charge in [-0.25, -0.2) is 0 Å². The molecule has 2 nitrogen and oxygen atoms in total. The molecule has 1 fully saturated rings. The lowest BCUT2D eigenvalue weighted by Crippen LogP contribution is -2.12. The third kappa shape index (κ3) is 4.50. The molecule has 1 aliphatic rings. The van der Waals surface area contributed by atoms with Crippen LogP contribution in [0.3, 0.4) is 0 Å². The van der Waals surface area contributed by atoms with E-state index in [0.29, 0.717) is 5.92 Å². The number of hydrogen-bond acceptors (Lipinski definition) is 2. The van der Waals surface area contributed by atoms with E-state index in [0.717, 1.165) is 22.8 Å². The lowest BCUT2D eigenvalue weighted by atomic mass is 9.92. The second kappa shape index (κ2) is 7.50. The molecule has 1 aromatic carbocycles. The molecule has 0 saturated heterocycles. The summed E-state index contributed by atoms with van der Waals surface area (Å²) >= 11 is 5.33. The first kappa shape index (κ1) is 21.8. The minimum atomic E-state index is -4.60. The van der Waals surface area contributed by atoms with Gasteiger partial charge >= 0.3 is 12.1 Å². The quantitative estimate of drug-likeness (QED) is 0.530. The summed E-state index contributed by atoms with van der Waals surface area (Å²) in [5, 5.41) is -1.19. The summed E-state index contributed by atoms with van der Waals surface area (Å²) in [6.07, 6.45) is -3.66. The SMILES string of the molecule is Cc1ccc(C(C)C)c(C)c1COC(=O)[C@H]1[C@@H](C=C(Cl)C(F)(F)F)C1(C)C. The molecule has 0 bridgehead atoms. The Bertz CT molecular complexity index is 763. The summed E-state index contributed by atoms with van der Waals surface area (Å²) < 4.78 is 43.5. The molecule has 0 aromatic heterocycles. The molecule has 0 aliphatic heterocycles. The highest BCUT2D eigenvalue weighted by molar-refractivity contribution is 6.30. The van der Waals surface area contributed by atoms with Crippen molar-refractivity contribution in [1.82, 2.24) is 0 Å². The van der Waals surface area contributed by atoms with Crippen LogP contribution in [-0.4, -0.2) is 12.1 Å². The highest BCUT2D eigenvalue weighted by atomic mass is 35.5. The third-order valence-electron chi connectivity index (χ3n) is 5.62. The first-order chi connectivity index (χ1) is 12.3. The average molecular weight is 403 g/mol. The molecular weight excluding hydrogens is 377 g/mol. The van der Waals surface area contributed by atoms with Gasteiger partial charge in [0.15, 0.2) is 0 Å². The lowest BCUT2D eigenvalue weighted by molar-refractivity contribution is -0.147. The Morgan fingerprint density at radius 2 is 1.89 bits per heavy atom. The van der Waals surface area contributed by atoms with Gasteiger partial charge < -0.3 is 4.74 Å². The van der Waals surface area contributed by atoms with Gasteiger partial charge in [0.2, 0.25) is 0 Å². The van der Waals surface area contributed by atoms with Crippen LogP contribution in [-0.2, 0) is 16.1 Å². The Morgan fingerprint density at radius 1 is 1.30 bits per heavy atom. The number of esters is 1. The van der Waals surface area contributed by atoms with Crippen LogP contribution < -0.4 is 0 Å². The maximum Gasteiger partial charge on any atom is 0.426 e. The lowest BCUT2D eigenvalue weighted by Gasteiger charge is -2.17. The van der Waals surface area contributed by atoms with E-state index in [1.54, 1.807) is 13.8 Å². The summed E-state index contributed by atoms with van der Waals surface area (Å²) in [6.45, 7) is 11.8. The largest absolute Gasteiger partial charge is 0.461 e. The molecule has 6 heteroatoms. The van der Waals surface area contributed by atoms with Gasteiger partial charge in [-0.05, 0) is 53.4 Å². The standard InChI is InChI=1S/C21H26ClF3O2/c1-11(2)14-8-7-12(3)15(13(14)4)10-27-19(26)18-16(20(18,5)6)9-17(22)21(23,24)25/h7-9,11,16,18H,10H2,1-6H3/t16-,18-/m1/s1. The third-order valence-corrected chi connectivity index (χ3v) is 5.96. The number of hydrogen-bond donors (Lipinski definition) is 0. The molecule has 150 valence electrons. The van der Waals surface area contributed by atoms with Crippen LogP contribution in [0.2, 0.25) is 0 Å². The zero-order valence-corrected chi connectivity index (χ0v) is 17.3. The Balaban J connectivity index is 2.12. The molecule has 0 radical (unpaired) electrons. The minimum absolute atomic E-state index is 0.118. The van der Waals surface area contributed by atoms with Crippen molar-refractivity contribution < 1.29 is 22.7 Å². The maximum absolute atomic E-state index is 12.7. The normalized spacial score (nSPS) is 22.1. The summed E-state index contributed by atoms with van der Waals surface area (Å²) in [5.41, 5.74) is 3.65. The Hall–Kier alpha value is -1.49. The second-order valence-corrected chi connectivity index (χ2v) is 8.58. The maximum atomic E-state index is 12.7. The van der Waals surface area contributed by atoms with Gasteiger partial charge in [-0.1, -0.05) is 57.5 Å². The van der Waals surface area contributed by atoms with Crippen molar-refractivity contribution in [3.63, 3.8) is 0 Å². The monoisotopic (exact) mass is 402 g/mol. The number of aryl methyl sites for hydroxylation is 1. The summed E-state index contributed by atoms with van der Waals surface area (Å²) in [6, 6.07) is 4.08. The van der Waals surface area contributed by atoms with E-state index < -0.39 is 34.4 Å². The van der Waals surface area contributed by atoms with Crippen LogP contribution in [0.5, 0.6) is 0 Å². The molecule has 0 N–H and O–H groups in total. The van der Waals surface area contributed by atoms with Crippen LogP contribution in [0, 0.1) is 31.1 Å². The van der Waals surface area contributed by atoms with Crippen LogP contribution in [0.4, 0.5) is 13.2 Å². The van der Waals surface area contributed by atoms with E-state index in [1.165, 1.54) is 5.56 Å². The van der Waals surface area contributed by atoms with E-state index in [4.69, 9.17) is 16.3 Å². The highest BCUT2D eigenvalue weighted by Gasteiger charge is 2.62. The van der Waals surface area contributed by atoms with Gasteiger partial charge in [-0.15, -0.1) is 0 Å². The van der Waals surface area contributed by atoms with Gasteiger partial charge in [-0.3, -0.25) is 4.79 Å². The van der Waals surface area contributed by atoms with Crippen LogP contribution in [0.1, 0.15) is 55.9 Å². The molecular formula is C21H26ClF3O2. The fourth-order valence-corrected chi connectivity index (χ4v) is 3.82. The van der Waals surface area contributed by atoms with Crippen molar-refractivity contribution in [3.05, 3.63) is 45.5 Å².